The molecule has 0 bridgehead atoms. The van der Waals surface area contributed by atoms with Gasteiger partial charge < -0.3 is 14.8 Å². The number of hydrogen-bond donors (Lipinski definition) is 1. The molecular formula is C24H17Br2ClN2O4. The second-order valence-corrected chi connectivity index (χ2v) is 9.25. The average Bonchev–Trinajstić information content (AvgIpc) is 3.07. The number of urea groups is 1. The molecule has 3 aromatic carbocycles. The van der Waals surface area contributed by atoms with Crippen molar-refractivity contribution in [2.75, 3.05) is 12.0 Å². The Morgan fingerprint density at radius 1 is 1.03 bits per heavy atom. The zero-order valence-corrected chi connectivity index (χ0v) is 21.2. The summed E-state index contributed by atoms with van der Waals surface area (Å²) in [6.45, 7) is 0.361. The predicted octanol–water partition coefficient (Wildman–Crippen LogP) is 6.55. The van der Waals surface area contributed by atoms with E-state index in [1.54, 1.807) is 42.5 Å². The highest BCUT2D eigenvalue weighted by molar-refractivity contribution is 9.10. The van der Waals surface area contributed by atoms with Crippen LogP contribution in [0.1, 0.15) is 11.1 Å². The molecule has 0 spiro atoms. The van der Waals surface area contributed by atoms with Crippen molar-refractivity contribution in [2.45, 2.75) is 6.61 Å². The smallest absolute Gasteiger partial charge is 0.333 e. The molecular weight excluding hydrogens is 576 g/mol. The normalized spacial score (nSPS) is 14.5. The molecule has 0 atom stereocenters. The van der Waals surface area contributed by atoms with Crippen molar-refractivity contribution in [3.8, 4) is 11.5 Å². The van der Waals surface area contributed by atoms with Crippen LogP contribution in [-0.2, 0) is 11.4 Å². The van der Waals surface area contributed by atoms with Crippen LogP contribution in [0.4, 0.5) is 10.5 Å². The largest absolute Gasteiger partial charge is 0.493 e. The van der Waals surface area contributed by atoms with Crippen molar-refractivity contribution < 1.29 is 19.1 Å². The van der Waals surface area contributed by atoms with Crippen LogP contribution in [0, 0.1) is 0 Å². The van der Waals surface area contributed by atoms with Crippen LogP contribution in [0.2, 0.25) is 5.02 Å². The summed E-state index contributed by atoms with van der Waals surface area (Å²) in [6, 6.07) is 17.3. The molecule has 0 unspecified atom stereocenters. The van der Waals surface area contributed by atoms with Gasteiger partial charge in [0.1, 0.15) is 12.3 Å². The molecule has 168 valence electrons. The van der Waals surface area contributed by atoms with E-state index < -0.39 is 11.9 Å². The molecule has 9 heteroatoms. The number of hydrogen-bond acceptors (Lipinski definition) is 4. The van der Waals surface area contributed by atoms with E-state index in [9.17, 15) is 9.59 Å². The van der Waals surface area contributed by atoms with E-state index in [0.717, 1.165) is 14.9 Å². The number of rotatable bonds is 6. The zero-order chi connectivity index (χ0) is 23.5. The number of amides is 3. The molecule has 0 radical (unpaired) electrons. The minimum Gasteiger partial charge on any atom is -0.493 e. The molecule has 1 aliphatic heterocycles. The zero-order valence-electron chi connectivity index (χ0n) is 17.3. The summed E-state index contributed by atoms with van der Waals surface area (Å²) < 4.78 is 13.1. The Labute approximate surface area is 212 Å². The molecule has 0 aromatic heterocycles. The Hall–Kier alpha value is -2.81. The monoisotopic (exact) mass is 590 g/mol. The summed E-state index contributed by atoms with van der Waals surface area (Å²) in [5, 5.41) is 3.04. The Kier molecular flexibility index (Phi) is 7.07. The molecule has 33 heavy (non-hydrogen) atoms. The van der Waals surface area contributed by atoms with Crippen molar-refractivity contribution in [3.63, 3.8) is 0 Å². The number of benzene rings is 3. The molecule has 1 fully saturated rings. The molecule has 6 nitrogen and oxygen atoms in total. The van der Waals surface area contributed by atoms with Crippen molar-refractivity contribution in [1.29, 1.82) is 0 Å². The average molecular weight is 593 g/mol. The highest BCUT2D eigenvalue weighted by atomic mass is 79.9. The minimum atomic E-state index is -0.550. The highest BCUT2D eigenvalue weighted by Gasteiger charge is 2.35. The lowest BCUT2D eigenvalue weighted by molar-refractivity contribution is -0.113. The van der Waals surface area contributed by atoms with Gasteiger partial charge in [0.15, 0.2) is 11.5 Å². The van der Waals surface area contributed by atoms with Crippen LogP contribution in [0.25, 0.3) is 6.08 Å². The van der Waals surface area contributed by atoms with Gasteiger partial charge >= 0.3 is 6.03 Å². The summed E-state index contributed by atoms with van der Waals surface area (Å²) in [4.78, 5) is 26.4. The Morgan fingerprint density at radius 2 is 1.79 bits per heavy atom. The van der Waals surface area contributed by atoms with Crippen molar-refractivity contribution >= 4 is 67.2 Å². The van der Waals surface area contributed by atoms with Gasteiger partial charge in [0, 0.05) is 14.0 Å². The van der Waals surface area contributed by atoms with E-state index in [2.05, 4.69) is 37.2 Å². The van der Waals surface area contributed by atoms with Gasteiger partial charge in [0.25, 0.3) is 5.91 Å². The molecule has 1 heterocycles. The van der Waals surface area contributed by atoms with Gasteiger partial charge in [-0.05, 0) is 59.7 Å². The van der Waals surface area contributed by atoms with Crippen LogP contribution in [-0.4, -0.2) is 19.0 Å². The van der Waals surface area contributed by atoms with Crippen LogP contribution in [0.3, 0.4) is 0 Å². The lowest BCUT2D eigenvalue weighted by Gasteiger charge is -2.13. The summed E-state index contributed by atoms with van der Waals surface area (Å²) in [5.74, 6) is 0.547. The third-order valence-electron chi connectivity index (χ3n) is 4.83. The maximum absolute atomic E-state index is 12.9. The second kappa shape index (κ2) is 9.99. The summed E-state index contributed by atoms with van der Waals surface area (Å²) >= 11 is 12.9. The quantitative estimate of drug-likeness (QED) is 0.261. The van der Waals surface area contributed by atoms with Crippen LogP contribution in [0.15, 0.2) is 75.3 Å². The Balaban J connectivity index is 1.58. The van der Waals surface area contributed by atoms with Gasteiger partial charge in [-0.2, -0.15) is 0 Å². The lowest BCUT2D eigenvalue weighted by Crippen LogP contribution is -2.30. The standard InChI is InChI=1S/C24H17Br2ClN2O4/c1-32-21-10-15(19(26)12-22(21)33-13-14-5-7-16(25)8-6-14)9-20-23(30)29(24(31)28-20)18-4-2-3-17(27)11-18/h2-12H,13H2,1H3,(H,28,31)/b20-9+. The number of anilines is 1. The van der Waals surface area contributed by atoms with E-state index >= 15 is 0 Å². The fraction of sp³-hybridized carbons (Fsp3) is 0.0833. The van der Waals surface area contributed by atoms with Gasteiger partial charge in [-0.3, -0.25) is 4.79 Å². The number of halogens is 3. The van der Waals surface area contributed by atoms with E-state index in [-0.39, 0.29) is 5.70 Å². The number of imide groups is 1. The predicted molar refractivity (Wildman–Crippen MR) is 135 cm³/mol. The topological polar surface area (TPSA) is 67.9 Å². The third kappa shape index (κ3) is 5.24. The van der Waals surface area contributed by atoms with E-state index in [4.69, 9.17) is 21.1 Å². The Morgan fingerprint density at radius 3 is 2.48 bits per heavy atom. The summed E-state index contributed by atoms with van der Waals surface area (Å²) in [5.41, 5.74) is 2.16. The summed E-state index contributed by atoms with van der Waals surface area (Å²) in [6.07, 6.45) is 1.58. The van der Waals surface area contributed by atoms with Gasteiger partial charge in [0.2, 0.25) is 0 Å². The number of carbonyl (C=O) groups is 2. The van der Waals surface area contributed by atoms with Crippen molar-refractivity contribution in [1.82, 2.24) is 5.32 Å². The highest BCUT2D eigenvalue weighted by Crippen LogP contribution is 2.36. The van der Waals surface area contributed by atoms with Crippen molar-refractivity contribution in [3.05, 3.63) is 91.5 Å². The van der Waals surface area contributed by atoms with Crippen molar-refractivity contribution in [2.24, 2.45) is 0 Å². The minimum absolute atomic E-state index is 0.131. The van der Waals surface area contributed by atoms with Gasteiger partial charge in [-0.25, -0.2) is 9.69 Å². The van der Waals surface area contributed by atoms with Gasteiger partial charge in [0.05, 0.1) is 12.8 Å². The maximum atomic E-state index is 12.9. The third-order valence-corrected chi connectivity index (χ3v) is 6.29. The first-order valence-electron chi connectivity index (χ1n) is 9.73. The molecule has 0 saturated carbocycles. The number of carbonyl (C=O) groups excluding carboxylic acids is 2. The fourth-order valence-corrected chi connectivity index (χ4v) is 4.10. The molecule has 3 amide bonds. The molecule has 1 saturated heterocycles. The molecule has 0 aliphatic carbocycles. The van der Waals surface area contributed by atoms with Crippen LogP contribution < -0.4 is 19.7 Å². The molecule has 3 aromatic rings. The van der Waals surface area contributed by atoms with Crippen LogP contribution >= 0.6 is 43.5 Å². The second-order valence-electron chi connectivity index (χ2n) is 7.05. The molecule has 4 rings (SSSR count). The molecule has 1 aliphatic rings. The SMILES string of the molecule is COc1cc(/C=C2/NC(=O)N(c3cccc(Cl)c3)C2=O)c(Br)cc1OCc1ccc(Br)cc1. The van der Waals surface area contributed by atoms with Gasteiger partial charge in [-0.15, -0.1) is 0 Å². The number of ether oxygens (including phenoxy) is 2. The van der Waals surface area contributed by atoms with E-state index in [1.807, 2.05) is 24.3 Å². The van der Waals surface area contributed by atoms with E-state index in [1.165, 1.54) is 7.11 Å². The van der Waals surface area contributed by atoms with E-state index in [0.29, 0.717) is 38.9 Å². The lowest BCUT2D eigenvalue weighted by atomic mass is 10.1. The maximum Gasteiger partial charge on any atom is 0.333 e. The fourth-order valence-electron chi connectivity index (χ4n) is 3.22. The number of nitrogens with one attached hydrogen (secondary N) is 1. The van der Waals surface area contributed by atoms with Crippen LogP contribution in [0.5, 0.6) is 11.5 Å². The first kappa shape index (κ1) is 23.4. The molecule has 1 N–H and O–H groups in total. The number of nitrogens with zero attached hydrogens (tertiary/aromatic N) is 1. The first-order valence-corrected chi connectivity index (χ1v) is 11.7. The first-order chi connectivity index (χ1) is 15.9. The van der Waals surface area contributed by atoms with Gasteiger partial charge in [-0.1, -0.05) is 61.7 Å². The Bertz CT molecular complexity index is 1260. The summed E-state index contributed by atoms with van der Waals surface area (Å²) in [7, 11) is 1.54. The number of methoxy groups -OCH3 is 1.